The monoisotopic (exact) mass is 349 g/mol. The number of phenolic OH excluding ortho intramolecular Hbond substituents is 1. The molecule has 0 spiro atoms. The number of aromatic hydroxyl groups is 1. The number of imidazole rings is 1. The summed E-state index contributed by atoms with van der Waals surface area (Å²) in [6.45, 7) is 0. The standard InChI is InChI=1S/C16H10F3N3O3/c17-16(18,19)10(15-20-11-3-1-2-4-12(11)21-15)7-9-5-6-14(23)13(8-9)22(24)25/h1-8,23H,(H,20,21)/b10-7-. The van der Waals surface area contributed by atoms with Crippen LogP contribution in [0.4, 0.5) is 18.9 Å². The number of halogens is 3. The van der Waals surface area contributed by atoms with E-state index >= 15 is 0 Å². The Morgan fingerprint density at radius 3 is 2.60 bits per heavy atom. The molecule has 0 saturated carbocycles. The van der Waals surface area contributed by atoms with E-state index in [1.165, 1.54) is 0 Å². The van der Waals surface area contributed by atoms with Crippen molar-refractivity contribution in [3.8, 4) is 5.75 Å². The highest BCUT2D eigenvalue weighted by Gasteiger charge is 2.36. The molecule has 0 aliphatic heterocycles. The number of allylic oxidation sites excluding steroid dienone is 1. The maximum absolute atomic E-state index is 13.4. The number of fused-ring (bicyclic) bond motifs is 1. The number of nitro groups is 1. The molecule has 2 N–H and O–H groups in total. The van der Waals surface area contributed by atoms with E-state index in [2.05, 4.69) is 9.97 Å². The van der Waals surface area contributed by atoms with E-state index in [4.69, 9.17) is 0 Å². The quantitative estimate of drug-likeness (QED) is 0.545. The summed E-state index contributed by atoms with van der Waals surface area (Å²) >= 11 is 0. The number of aromatic nitrogens is 2. The highest BCUT2D eigenvalue weighted by atomic mass is 19.4. The molecule has 25 heavy (non-hydrogen) atoms. The number of nitrogens with zero attached hydrogens (tertiary/aromatic N) is 2. The number of para-hydroxylation sites is 2. The molecule has 3 aromatic rings. The van der Waals surface area contributed by atoms with Crippen LogP contribution in [0.3, 0.4) is 0 Å². The van der Waals surface area contributed by atoms with Crippen LogP contribution in [-0.4, -0.2) is 26.2 Å². The van der Waals surface area contributed by atoms with Crippen molar-refractivity contribution in [3.05, 3.63) is 64.0 Å². The van der Waals surface area contributed by atoms with Gasteiger partial charge in [-0.2, -0.15) is 13.2 Å². The van der Waals surface area contributed by atoms with Crippen LogP contribution in [0.25, 0.3) is 22.7 Å². The molecular weight excluding hydrogens is 339 g/mol. The minimum atomic E-state index is -4.74. The van der Waals surface area contributed by atoms with Crippen molar-refractivity contribution >= 4 is 28.4 Å². The summed E-state index contributed by atoms with van der Waals surface area (Å²) < 4.78 is 40.3. The van der Waals surface area contributed by atoms with Crippen molar-refractivity contribution in [1.82, 2.24) is 9.97 Å². The van der Waals surface area contributed by atoms with Gasteiger partial charge in [-0.15, -0.1) is 0 Å². The lowest BCUT2D eigenvalue weighted by Crippen LogP contribution is -2.11. The Morgan fingerprint density at radius 1 is 1.24 bits per heavy atom. The third kappa shape index (κ3) is 3.30. The van der Waals surface area contributed by atoms with Crippen LogP contribution in [0.1, 0.15) is 11.4 Å². The number of nitro benzene ring substituents is 1. The first-order valence-corrected chi connectivity index (χ1v) is 6.97. The van der Waals surface area contributed by atoms with Crippen LogP contribution in [-0.2, 0) is 0 Å². The molecule has 6 nitrogen and oxygen atoms in total. The third-order valence-electron chi connectivity index (χ3n) is 3.46. The number of phenols is 1. The smallest absolute Gasteiger partial charge is 0.419 e. The minimum absolute atomic E-state index is 0.0859. The van der Waals surface area contributed by atoms with E-state index in [1.54, 1.807) is 24.3 Å². The summed E-state index contributed by atoms with van der Waals surface area (Å²) in [5.74, 6) is -1.02. The number of rotatable bonds is 3. The molecule has 0 radical (unpaired) electrons. The molecular formula is C16H10F3N3O3. The second kappa shape index (κ2) is 5.93. The van der Waals surface area contributed by atoms with Crippen molar-refractivity contribution in [2.45, 2.75) is 6.18 Å². The van der Waals surface area contributed by atoms with Gasteiger partial charge >= 0.3 is 11.9 Å². The van der Waals surface area contributed by atoms with Crippen molar-refractivity contribution in [3.63, 3.8) is 0 Å². The molecule has 0 fully saturated rings. The van der Waals surface area contributed by atoms with Crippen molar-refractivity contribution in [2.75, 3.05) is 0 Å². The maximum Gasteiger partial charge on any atom is 0.419 e. The molecule has 128 valence electrons. The summed E-state index contributed by atoms with van der Waals surface area (Å²) in [7, 11) is 0. The Bertz CT molecular complexity index is 960. The van der Waals surface area contributed by atoms with Crippen molar-refractivity contribution in [2.24, 2.45) is 0 Å². The minimum Gasteiger partial charge on any atom is -0.502 e. The van der Waals surface area contributed by atoms with Gasteiger partial charge in [0.25, 0.3) is 0 Å². The number of nitrogens with one attached hydrogen (secondary N) is 1. The number of aromatic amines is 1. The first-order valence-electron chi connectivity index (χ1n) is 6.97. The number of alkyl halides is 3. The van der Waals surface area contributed by atoms with E-state index in [9.17, 15) is 28.4 Å². The van der Waals surface area contributed by atoms with E-state index in [0.717, 1.165) is 24.3 Å². The van der Waals surface area contributed by atoms with Crippen molar-refractivity contribution in [1.29, 1.82) is 0 Å². The summed E-state index contributed by atoms with van der Waals surface area (Å²) in [5, 5.41) is 20.2. The van der Waals surface area contributed by atoms with Gasteiger partial charge in [0.15, 0.2) is 5.75 Å². The fourth-order valence-electron chi connectivity index (χ4n) is 2.31. The normalized spacial score (nSPS) is 12.5. The van der Waals surface area contributed by atoms with Gasteiger partial charge in [0, 0.05) is 6.07 Å². The van der Waals surface area contributed by atoms with E-state index in [-0.39, 0.29) is 5.56 Å². The molecule has 0 amide bonds. The fraction of sp³-hybridized carbons (Fsp3) is 0.0625. The van der Waals surface area contributed by atoms with Crippen LogP contribution >= 0.6 is 0 Å². The van der Waals surface area contributed by atoms with E-state index in [0.29, 0.717) is 11.0 Å². The molecule has 0 bridgehead atoms. The topological polar surface area (TPSA) is 92.0 Å². The van der Waals surface area contributed by atoms with Crippen LogP contribution in [0.2, 0.25) is 0 Å². The largest absolute Gasteiger partial charge is 0.502 e. The Hall–Kier alpha value is -3.36. The van der Waals surface area contributed by atoms with Crippen molar-refractivity contribution < 1.29 is 23.2 Å². The van der Waals surface area contributed by atoms with Crippen LogP contribution < -0.4 is 0 Å². The van der Waals surface area contributed by atoms with Gasteiger partial charge in [0.2, 0.25) is 0 Å². The molecule has 0 saturated heterocycles. The lowest BCUT2D eigenvalue weighted by molar-refractivity contribution is -0.385. The lowest BCUT2D eigenvalue weighted by Gasteiger charge is -2.09. The Labute approximate surface area is 138 Å². The molecule has 1 aromatic heterocycles. The van der Waals surface area contributed by atoms with E-state index < -0.39 is 33.9 Å². The molecule has 0 unspecified atom stereocenters. The zero-order chi connectivity index (χ0) is 18.2. The number of hydrogen-bond acceptors (Lipinski definition) is 4. The Kier molecular flexibility index (Phi) is 3.91. The zero-order valence-corrected chi connectivity index (χ0v) is 12.4. The van der Waals surface area contributed by atoms with Gasteiger partial charge in [0.1, 0.15) is 5.82 Å². The molecule has 3 rings (SSSR count). The predicted octanol–water partition coefficient (Wildman–Crippen LogP) is 4.28. The second-order valence-electron chi connectivity index (χ2n) is 5.16. The number of hydrogen-bond donors (Lipinski definition) is 2. The van der Waals surface area contributed by atoms with Gasteiger partial charge in [0.05, 0.1) is 21.5 Å². The molecule has 0 aliphatic rings. The third-order valence-corrected chi connectivity index (χ3v) is 3.46. The van der Waals surface area contributed by atoms with E-state index in [1.807, 2.05) is 0 Å². The molecule has 2 aromatic carbocycles. The van der Waals surface area contributed by atoms with Gasteiger partial charge in [-0.05, 0) is 29.8 Å². The highest BCUT2D eigenvalue weighted by molar-refractivity contribution is 5.86. The SMILES string of the molecule is O=[N+]([O-])c1cc(/C=C(/c2nc3ccccc3[nH]2)C(F)(F)F)ccc1O. The Morgan fingerprint density at radius 2 is 1.96 bits per heavy atom. The molecule has 0 atom stereocenters. The summed E-state index contributed by atoms with van der Waals surface area (Å²) in [6, 6.07) is 9.44. The first kappa shape index (κ1) is 16.5. The zero-order valence-electron chi connectivity index (χ0n) is 12.4. The maximum atomic E-state index is 13.4. The van der Waals surface area contributed by atoms with Gasteiger partial charge in [-0.3, -0.25) is 10.1 Å². The first-order chi connectivity index (χ1) is 11.8. The highest BCUT2D eigenvalue weighted by Crippen LogP contribution is 2.36. The molecule has 0 aliphatic carbocycles. The van der Waals surface area contributed by atoms with Crippen LogP contribution in [0.5, 0.6) is 5.75 Å². The number of benzene rings is 2. The van der Waals surface area contributed by atoms with Gasteiger partial charge in [-0.25, -0.2) is 4.98 Å². The molecule has 1 heterocycles. The van der Waals surface area contributed by atoms with Gasteiger partial charge in [-0.1, -0.05) is 18.2 Å². The average molecular weight is 349 g/mol. The lowest BCUT2D eigenvalue weighted by atomic mass is 10.1. The molecule has 9 heteroatoms. The Balaban J connectivity index is 2.15. The summed E-state index contributed by atoms with van der Waals surface area (Å²) in [6.07, 6.45) is -4.00. The van der Waals surface area contributed by atoms with Crippen LogP contribution in [0, 0.1) is 10.1 Å². The summed E-state index contributed by atoms with van der Waals surface area (Å²) in [5.41, 5.74) is -1.05. The average Bonchev–Trinajstić information content (AvgIpc) is 2.95. The summed E-state index contributed by atoms with van der Waals surface area (Å²) in [4.78, 5) is 16.5. The van der Waals surface area contributed by atoms with Crippen LogP contribution in [0.15, 0.2) is 42.5 Å². The van der Waals surface area contributed by atoms with Gasteiger partial charge < -0.3 is 10.1 Å². The predicted molar refractivity (Wildman–Crippen MR) is 84.8 cm³/mol. The second-order valence-corrected chi connectivity index (χ2v) is 5.16. The number of H-pyrrole nitrogens is 1. The fourth-order valence-corrected chi connectivity index (χ4v) is 2.31.